The molecule has 27 heavy (non-hydrogen) atoms. The minimum absolute atomic E-state index is 0.0176. The highest BCUT2D eigenvalue weighted by Gasteiger charge is 2.36. The normalized spacial score (nSPS) is 17.3. The fraction of sp³-hybridized carbons (Fsp3) is 0.263. The van der Waals surface area contributed by atoms with E-state index in [2.05, 4.69) is 5.32 Å². The van der Waals surface area contributed by atoms with Crippen LogP contribution in [0.15, 0.2) is 42.5 Å². The number of anilines is 2. The van der Waals surface area contributed by atoms with Gasteiger partial charge in [-0.05, 0) is 42.8 Å². The van der Waals surface area contributed by atoms with Gasteiger partial charge >= 0.3 is 6.18 Å². The Balaban J connectivity index is 1.72. The maximum absolute atomic E-state index is 12.8. The second-order valence-electron chi connectivity index (χ2n) is 6.41. The number of benzene rings is 2. The smallest absolute Gasteiger partial charge is 0.326 e. The van der Waals surface area contributed by atoms with Crippen LogP contribution in [0.2, 0.25) is 5.02 Å². The molecule has 1 N–H and O–H groups in total. The van der Waals surface area contributed by atoms with Gasteiger partial charge in [0, 0.05) is 29.4 Å². The molecule has 2 amide bonds. The van der Waals surface area contributed by atoms with Crippen molar-refractivity contribution in [2.75, 3.05) is 16.8 Å². The quantitative estimate of drug-likeness (QED) is 0.820. The maximum Gasteiger partial charge on any atom is 0.416 e. The Morgan fingerprint density at radius 3 is 2.63 bits per heavy atom. The third kappa shape index (κ3) is 4.24. The predicted octanol–water partition coefficient (Wildman–Crippen LogP) is 4.66. The number of rotatable bonds is 3. The predicted molar refractivity (Wildman–Crippen MR) is 96.7 cm³/mol. The molecular weight excluding hydrogens is 381 g/mol. The molecule has 8 heteroatoms. The summed E-state index contributed by atoms with van der Waals surface area (Å²) in [5.41, 5.74) is 0.647. The Hall–Kier alpha value is -2.54. The van der Waals surface area contributed by atoms with E-state index in [1.807, 2.05) is 6.92 Å². The fourth-order valence-corrected chi connectivity index (χ4v) is 3.07. The lowest BCUT2D eigenvalue weighted by atomic mass is 10.1. The van der Waals surface area contributed by atoms with Crippen LogP contribution in [0.25, 0.3) is 0 Å². The molecule has 4 nitrogen and oxygen atoms in total. The fourth-order valence-electron chi connectivity index (χ4n) is 2.90. The Morgan fingerprint density at radius 1 is 1.22 bits per heavy atom. The van der Waals surface area contributed by atoms with Gasteiger partial charge in [-0.2, -0.15) is 13.2 Å². The highest BCUT2D eigenvalue weighted by molar-refractivity contribution is 6.31. The summed E-state index contributed by atoms with van der Waals surface area (Å²) in [6.07, 6.45) is -4.51. The van der Waals surface area contributed by atoms with Crippen LogP contribution >= 0.6 is 11.6 Å². The van der Waals surface area contributed by atoms with E-state index in [0.717, 1.165) is 17.7 Å². The van der Waals surface area contributed by atoms with E-state index in [0.29, 0.717) is 10.7 Å². The van der Waals surface area contributed by atoms with Crippen LogP contribution in [-0.4, -0.2) is 18.4 Å². The van der Waals surface area contributed by atoms with Gasteiger partial charge in [-0.25, -0.2) is 0 Å². The van der Waals surface area contributed by atoms with E-state index in [9.17, 15) is 22.8 Å². The van der Waals surface area contributed by atoms with Gasteiger partial charge < -0.3 is 10.2 Å². The zero-order valence-electron chi connectivity index (χ0n) is 14.3. The van der Waals surface area contributed by atoms with Crippen molar-refractivity contribution in [3.63, 3.8) is 0 Å². The molecule has 3 rings (SSSR count). The van der Waals surface area contributed by atoms with Crippen molar-refractivity contribution in [1.82, 2.24) is 0 Å². The Morgan fingerprint density at radius 2 is 1.96 bits per heavy atom. The number of carbonyl (C=O) groups excluding carboxylic acids is 2. The minimum atomic E-state index is -4.49. The van der Waals surface area contributed by atoms with E-state index in [4.69, 9.17) is 11.6 Å². The van der Waals surface area contributed by atoms with Crippen LogP contribution in [0.3, 0.4) is 0 Å². The van der Waals surface area contributed by atoms with Crippen molar-refractivity contribution in [1.29, 1.82) is 0 Å². The number of hydrogen-bond donors (Lipinski definition) is 1. The monoisotopic (exact) mass is 396 g/mol. The lowest BCUT2D eigenvalue weighted by molar-refractivity contribution is -0.137. The number of carbonyl (C=O) groups is 2. The Labute approximate surface area is 158 Å². The molecule has 0 aliphatic carbocycles. The molecule has 1 heterocycles. The van der Waals surface area contributed by atoms with Crippen molar-refractivity contribution in [3.8, 4) is 0 Å². The van der Waals surface area contributed by atoms with Gasteiger partial charge in [0.05, 0.1) is 11.5 Å². The van der Waals surface area contributed by atoms with E-state index in [-0.39, 0.29) is 24.6 Å². The SMILES string of the molecule is Cc1ccc(N2C[C@@H](C(=O)Nc3cccc(C(F)(F)F)c3)CC2=O)cc1Cl. The summed E-state index contributed by atoms with van der Waals surface area (Å²) >= 11 is 6.09. The Kier molecular flexibility index (Phi) is 5.15. The average Bonchev–Trinajstić information content (AvgIpc) is 2.99. The van der Waals surface area contributed by atoms with E-state index < -0.39 is 23.6 Å². The molecule has 0 unspecified atom stereocenters. The molecule has 2 aromatic carbocycles. The molecule has 2 aromatic rings. The lowest BCUT2D eigenvalue weighted by Crippen LogP contribution is -2.28. The summed E-state index contributed by atoms with van der Waals surface area (Å²) < 4.78 is 38.3. The molecule has 1 atom stereocenters. The first kappa shape index (κ1) is 19.2. The van der Waals surface area contributed by atoms with Gasteiger partial charge in [0.15, 0.2) is 0 Å². The number of hydrogen-bond acceptors (Lipinski definition) is 2. The van der Waals surface area contributed by atoms with E-state index in [1.165, 1.54) is 17.0 Å². The summed E-state index contributed by atoms with van der Waals surface area (Å²) in [5.74, 6) is -1.39. The summed E-state index contributed by atoms with van der Waals surface area (Å²) in [5, 5.41) is 2.98. The third-order valence-electron chi connectivity index (χ3n) is 4.42. The second-order valence-corrected chi connectivity index (χ2v) is 6.81. The van der Waals surface area contributed by atoms with Crippen molar-refractivity contribution in [2.24, 2.45) is 5.92 Å². The lowest BCUT2D eigenvalue weighted by Gasteiger charge is -2.17. The largest absolute Gasteiger partial charge is 0.416 e. The average molecular weight is 397 g/mol. The second kappa shape index (κ2) is 7.23. The van der Waals surface area contributed by atoms with Crippen LogP contribution in [-0.2, 0) is 15.8 Å². The van der Waals surface area contributed by atoms with Crippen molar-refractivity contribution in [2.45, 2.75) is 19.5 Å². The topological polar surface area (TPSA) is 49.4 Å². The molecule has 0 bridgehead atoms. The molecule has 0 spiro atoms. The zero-order chi connectivity index (χ0) is 19.8. The van der Waals surface area contributed by atoms with E-state index in [1.54, 1.807) is 18.2 Å². The molecule has 0 radical (unpaired) electrons. The molecule has 1 aliphatic rings. The zero-order valence-corrected chi connectivity index (χ0v) is 15.1. The molecule has 142 valence electrons. The number of nitrogens with one attached hydrogen (secondary N) is 1. The summed E-state index contributed by atoms with van der Waals surface area (Å²) in [7, 11) is 0. The number of amides is 2. The first-order valence-corrected chi connectivity index (χ1v) is 8.57. The summed E-state index contributed by atoms with van der Waals surface area (Å²) in [6, 6.07) is 9.57. The van der Waals surface area contributed by atoms with Crippen molar-refractivity contribution < 1.29 is 22.8 Å². The van der Waals surface area contributed by atoms with Crippen LogP contribution in [0.5, 0.6) is 0 Å². The van der Waals surface area contributed by atoms with Crippen LogP contribution in [0.4, 0.5) is 24.5 Å². The van der Waals surface area contributed by atoms with Crippen LogP contribution in [0.1, 0.15) is 17.5 Å². The number of aryl methyl sites for hydroxylation is 1. The molecule has 0 saturated carbocycles. The van der Waals surface area contributed by atoms with Gasteiger partial charge in [0.25, 0.3) is 0 Å². The van der Waals surface area contributed by atoms with Gasteiger partial charge in [-0.3, -0.25) is 9.59 Å². The Bertz CT molecular complexity index is 899. The van der Waals surface area contributed by atoms with Gasteiger partial charge in [0.2, 0.25) is 11.8 Å². The summed E-state index contributed by atoms with van der Waals surface area (Å²) in [6.45, 7) is 1.98. The van der Waals surface area contributed by atoms with Crippen LogP contribution < -0.4 is 10.2 Å². The van der Waals surface area contributed by atoms with Gasteiger partial charge in [0.1, 0.15) is 0 Å². The molecule has 1 fully saturated rings. The number of nitrogens with zero attached hydrogens (tertiary/aromatic N) is 1. The molecule has 0 aromatic heterocycles. The van der Waals surface area contributed by atoms with Gasteiger partial charge in [-0.15, -0.1) is 0 Å². The first-order chi connectivity index (χ1) is 12.6. The first-order valence-electron chi connectivity index (χ1n) is 8.20. The van der Waals surface area contributed by atoms with Crippen molar-refractivity contribution >= 4 is 34.8 Å². The van der Waals surface area contributed by atoms with Crippen LogP contribution in [0, 0.1) is 12.8 Å². The standard InChI is InChI=1S/C19H16ClF3N2O2/c1-11-5-6-15(9-16(11)20)25-10-12(7-17(25)26)18(27)24-14-4-2-3-13(8-14)19(21,22)23/h2-6,8-9,12H,7,10H2,1H3,(H,24,27)/t12-/m0/s1. The molecule has 1 aliphatic heterocycles. The minimum Gasteiger partial charge on any atom is -0.326 e. The number of halogens is 4. The van der Waals surface area contributed by atoms with E-state index >= 15 is 0 Å². The highest BCUT2D eigenvalue weighted by Crippen LogP contribution is 2.32. The summed E-state index contributed by atoms with van der Waals surface area (Å²) in [4.78, 5) is 26.2. The highest BCUT2D eigenvalue weighted by atomic mass is 35.5. The molecule has 1 saturated heterocycles. The van der Waals surface area contributed by atoms with Gasteiger partial charge in [-0.1, -0.05) is 23.7 Å². The number of alkyl halides is 3. The van der Waals surface area contributed by atoms with Crippen molar-refractivity contribution in [3.05, 3.63) is 58.6 Å². The molecular formula is C19H16ClF3N2O2. The third-order valence-corrected chi connectivity index (χ3v) is 4.83. The maximum atomic E-state index is 12.8.